The lowest BCUT2D eigenvalue weighted by Gasteiger charge is -2.29. The highest BCUT2D eigenvalue weighted by atomic mass is 35.5. The molecule has 0 radical (unpaired) electrons. The largest absolute Gasteiger partial charge is 0.390 e. The minimum absolute atomic E-state index is 0.0927. The Morgan fingerprint density at radius 1 is 1.08 bits per heavy atom. The number of alkyl halides is 1. The van der Waals surface area contributed by atoms with Crippen LogP contribution in [0.25, 0.3) is 11.3 Å². The second-order valence-electron chi connectivity index (χ2n) is 12.5. The lowest BCUT2D eigenvalue weighted by Crippen LogP contribution is -2.40. The van der Waals surface area contributed by atoms with Crippen LogP contribution in [0.1, 0.15) is 34.4 Å². The van der Waals surface area contributed by atoms with Gasteiger partial charge in [-0.1, -0.05) is 59.9 Å². The molecule has 3 aromatic rings. The molecule has 2 aromatic carbocycles. The van der Waals surface area contributed by atoms with Crippen LogP contribution in [0.2, 0.25) is 5.02 Å². The van der Waals surface area contributed by atoms with Crippen molar-refractivity contribution in [3.63, 3.8) is 0 Å². The van der Waals surface area contributed by atoms with Crippen molar-refractivity contribution in [2.75, 3.05) is 50.5 Å². The summed E-state index contributed by atoms with van der Waals surface area (Å²) in [6, 6.07) is 13.8. The number of nitrogens with one attached hydrogen (secondary N) is 1. The Kier molecular flexibility index (Phi) is 11.7. The summed E-state index contributed by atoms with van der Waals surface area (Å²) in [6.07, 6.45) is 8.34. The molecular formula is C36H41Cl2N5O3S2. The highest BCUT2D eigenvalue weighted by Crippen LogP contribution is 2.33. The number of β-amino-alcohol motifs (C(OH)–C–C–N with tert-alkyl or cyclic N) is 1. The standard InChI is InChI=1S/C36H41Cl2N5O3S2/c1-48(45,46)42-15-14-35-33(25-42)36(40-43(35)24-32(44)23-41-16-18-47-19-17-41)30-10-13-34(38)29(20-30)9-6-26-2-4-27(5-3-26)21-39-22-28-7-11-31(37)12-8-28/h2-5,7-8,10-11,13,20,31-32,39,44H,12,14-19,21-25H2,1H3/t31?,32-/m0/s1. The van der Waals surface area contributed by atoms with Gasteiger partial charge in [-0.15, -0.1) is 11.6 Å². The topological polar surface area (TPSA) is 90.7 Å². The third-order valence-corrected chi connectivity index (χ3v) is 11.7. The quantitative estimate of drug-likeness (QED) is 0.227. The summed E-state index contributed by atoms with van der Waals surface area (Å²) < 4.78 is 28.4. The number of aliphatic hydroxyl groups excluding tert-OH is 1. The maximum absolute atomic E-state index is 12.5. The summed E-state index contributed by atoms with van der Waals surface area (Å²) in [5, 5.41) is 20.1. The zero-order valence-electron chi connectivity index (χ0n) is 27.0. The van der Waals surface area contributed by atoms with E-state index in [1.165, 1.54) is 21.7 Å². The van der Waals surface area contributed by atoms with Gasteiger partial charge in [0.05, 0.1) is 35.0 Å². The molecule has 8 nitrogen and oxygen atoms in total. The van der Waals surface area contributed by atoms with E-state index in [0.717, 1.165) is 66.5 Å². The van der Waals surface area contributed by atoms with Gasteiger partial charge in [-0.2, -0.15) is 21.2 Å². The van der Waals surface area contributed by atoms with Crippen LogP contribution in [0.3, 0.4) is 0 Å². The average molecular weight is 727 g/mol. The number of benzene rings is 2. The predicted octanol–water partition coefficient (Wildman–Crippen LogP) is 4.91. The molecule has 0 bridgehead atoms. The Balaban J connectivity index is 1.19. The van der Waals surface area contributed by atoms with Crippen LogP contribution < -0.4 is 5.32 Å². The zero-order chi connectivity index (χ0) is 33.7. The van der Waals surface area contributed by atoms with Gasteiger partial charge in [0.15, 0.2) is 0 Å². The van der Waals surface area contributed by atoms with Crippen molar-refractivity contribution < 1.29 is 13.5 Å². The van der Waals surface area contributed by atoms with Crippen LogP contribution in [-0.2, 0) is 36.1 Å². The fraction of sp³-hybridized carbons (Fsp3) is 0.417. The number of fused-ring (bicyclic) bond motifs is 1. The molecular weight excluding hydrogens is 685 g/mol. The van der Waals surface area contributed by atoms with Crippen LogP contribution in [-0.4, -0.2) is 94.5 Å². The number of allylic oxidation sites excluding steroid dienone is 2. The predicted molar refractivity (Wildman–Crippen MR) is 197 cm³/mol. The van der Waals surface area contributed by atoms with Crippen molar-refractivity contribution in [3.8, 4) is 23.1 Å². The molecule has 254 valence electrons. The molecule has 12 heteroatoms. The van der Waals surface area contributed by atoms with Crippen LogP contribution in [0.5, 0.6) is 0 Å². The van der Waals surface area contributed by atoms with Crippen molar-refractivity contribution in [2.24, 2.45) is 0 Å². The molecule has 1 fully saturated rings. The average Bonchev–Trinajstić information content (AvgIpc) is 3.43. The number of hydrogen-bond donors (Lipinski definition) is 2. The zero-order valence-corrected chi connectivity index (χ0v) is 30.2. The molecule has 1 unspecified atom stereocenters. The molecule has 3 aliphatic rings. The van der Waals surface area contributed by atoms with Crippen molar-refractivity contribution in [2.45, 2.75) is 44.0 Å². The molecule has 3 heterocycles. The summed E-state index contributed by atoms with van der Waals surface area (Å²) in [7, 11) is -3.39. The molecule has 0 amide bonds. The third kappa shape index (κ3) is 9.14. The van der Waals surface area contributed by atoms with E-state index in [1.807, 2.05) is 52.9 Å². The minimum atomic E-state index is -3.39. The number of sulfonamides is 1. The molecule has 0 saturated carbocycles. The van der Waals surface area contributed by atoms with Gasteiger partial charge < -0.3 is 10.4 Å². The van der Waals surface area contributed by atoms with Gasteiger partial charge in [0, 0.05) is 91.7 Å². The van der Waals surface area contributed by atoms with Crippen LogP contribution >= 0.6 is 35.0 Å². The van der Waals surface area contributed by atoms with Gasteiger partial charge in [-0.05, 0) is 41.8 Å². The molecule has 48 heavy (non-hydrogen) atoms. The number of thioether (sulfide) groups is 1. The highest BCUT2D eigenvalue weighted by molar-refractivity contribution is 7.99. The smallest absolute Gasteiger partial charge is 0.211 e. The lowest BCUT2D eigenvalue weighted by molar-refractivity contribution is 0.0985. The molecule has 2 N–H and O–H groups in total. The number of halogens is 2. The molecule has 1 aliphatic carbocycles. The summed E-state index contributed by atoms with van der Waals surface area (Å²) in [5.41, 5.74) is 7.27. The Morgan fingerprint density at radius 2 is 1.88 bits per heavy atom. The van der Waals surface area contributed by atoms with Gasteiger partial charge in [-0.25, -0.2) is 8.42 Å². The summed E-state index contributed by atoms with van der Waals surface area (Å²) in [6.45, 7) is 5.03. The molecule has 0 spiro atoms. The van der Waals surface area contributed by atoms with Gasteiger partial charge in [0.1, 0.15) is 0 Å². The molecule has 1 saturated heterocycles. The van der Waals surface area contributed by atoms with Crippen LogP contribution in [0.4, 0.5) is 0 Å². The summed E-state index contributed by atoms with van der Waals surface area (Å²) in [5.74, 6) is 8.63. The Morgan fingerprint density at radius 3 is 2.60 bits per heavy atom. The fourth-order valence-electron chi connectivity index (χ4n) is 6.21. The van der Waals surface area contributed by atoms with E-state index in [4.69, 9.17) is 28.3 Å². The van der Waals surface area contributed by atoms with Crippen molar-refractivity contribution >= 4 is 45.0 Å². The number of hydrogen-bond acceptors (Lipinski definition) is 7. The van der Waals surface area contributed by atoms with E-state index >= 15 is 0 Å². The van der Waals surface area contributed by atoms with Gasteiger partial charge in [0.25, 0.3) is 0 Å². The summed E-state index contributed by atoms with van der Waals surface area (Å²) in [4.78, 5) is 2.29. The normalized spacial score (nSPS) is 19.3. The highest BCUT2D eigenvalue weighted by Gasteiger charge is 2.30. The monoisotopic (exact) mass is 725 g/mol. The fourth-order valence-corrected chi connectivity index (χ4v) is 8.30. The first-order valence-electron chi connectivity index (χ1n) is 16.3. The molecule has 2 aliphatic heterocycles. The van der Waals surface area contributed by atoms with Gasteiger partial charge in [-0.3, -0.25) is 9.58 Å². The minimum Gasteiger partial charge on any atom is -0.390 e. The summed E-state index contributed by atoms with van der Waals surface area (Å²) >= 11 is 14.7. The number of aromatic nitrogens is 2. The lowest BCUT2D eigenvalue weighted by atomic mass is 10.0. The van der Waals surface area contributed by atoms with Crippen molar-refractivity contribution in [3.05, 3.63) is 99.2 Å². The molecule has 1 aromatic heterocycles. The van der Waals surface area contributed by atoms with Crippen LogP contribution in [0, 0.1) is 11.8 Å². The van der Waals surface area contributed by atoms with Crippen molar-refractivity contribution in [1.29, 1.82) is 0 Å². The Hall–Kier alpha value is -2.59. The van der Waals surface area contributed by atoms with E-state index in [-0.39, 0.29) is 11.9 Å². The number of aliphatic hydroxyl groups is 1. The second-order valence-corrected chi connectivity index (χ2v) is 16.7. The van der Waals surface area contributed by atoms with E-state index in [9.17, 15) is 13.5 Å². The Bertz CT molecular complexity index is 1840. The number of nitrogens with zero attached hydrogens (tertiary/aromatic N) is 4. The van der Waals surface area contributed by atoms with E-state index in [2.05, 4.69) is 46.3 Å². The van der Waals surface area contributed by atoms with Gasteiger partial charge in [0.2, 0.25) is 10.0 Å². The van der Waals surface area contributed by atoms with Gasteiger partial charge >= 0.3 is 0 Å². The first-order valence-corrected chi connectivity index (χ1v) is 20.1. The SMILES string of the molecule is CS(=O)(=O)N1CCc2c(c(-c3ccc(Cl)c(C#Cc4ccc(CNCC5=CCC(Cl)C=C5)cc4)c3)nn2C[C@@H](O)CN2CCSCC2)C1. The van der Waals surface area contributed by atoms with E-state index in [0.29, 0.717) is 42.3 Å². The maximum Gasteiger partial charge on any atom is 0.211 e. The maximum atomic E-state index is 12.5. The first-order chi connectivity index (χ1) is 23.1. The van der Waals surface area contributed by atoms with Crippen molar-refractivity contribution in [1.82, 2.24) is 24.3 Å². The molecule has 2 atom stereocenters. The molecule has 6 rings (SSSR count). The number of rotatable bonds is 10. The third-order valence-electron chi connectivity index (χ3n) is 8.84. The van der Waals surface area contributed by atoms with Crippen LogP contribution in [0.15, 0.2) is 66.3 Å². The van der Waals surface area contributed by atoms with E-state index < -0.39 is 16.1 Å². The van der Waals surface area contributed by atoms with E-state index in [1.54, 1.807) is 0 Å². The Labute approximate surface area is 298 Å². The first kappa shape index (κ1) is 35.2. The second kappa shape index (κ2) is 16.0.